The van der Waals surface area contributed by atoms with Gasteiger partial charge in [-0.15, -0.1) is 5.10 Å². The summed E-state index contributed by atoms with van der Waals surface area (Å²) in [6.45, 7) is 12.8. The van der Waals surface area contributed by atoms with Gasteiger partial charge in [-0.3, -0.25) is 0 Å². The fourth-order valence-corrected chi connectivity index (χ4v) is 2.08. The predicted molar refractivity (Wildman–Crippen MR) is 86.0 cm³/mol. The summed E-state index contributed by atoms with van der Waals surface area (Å²) in [5, 5.41) is 12.1. The number of unbranched alkanes of at least 4 members (excludes halogenated alkanes) is 2. The van der Waals surface area contributed by atoms with Gasteiger partial charge in [-0.2, -0.15) is 5.10 Å². The van der Waals surface area contributed by atoms with Crippen molar-refractivity contribution in [2.24, 2.45) is 0 Å². The normalized spacial score (nSPS) is 11.3. The molecule has 0 saturated heterocycles. The van der Waals surface area contributed by atoms with Gasteiger partial charge >= 0.3 is 0 Å². The van der Waals surface area contributed by atoms with E-state index in [0.717, 1.165) is 24.6 Å². The van der Waals surface area contributed by atoms with Crippen LogP contribution in [0.2, 0.25) is 0 Å². The van der Waals surface area contributed by atoms with Crippen LogP contribution in [0.1, 0.15) is 59.6 Å². The fraction of sp³-hybridized carbons (Fsp3) is 0.750. The molecule has 1 rings (SSSR count). The van der Waals surface area contributed by atoms with Gasteiger partial charge in [0.05, 0.1) is 5.69 Å². The van der Waals surface area contributed by atoms with Crippen molar-refractivity contribution in [3.05, 3.63) is 17.8 Å². The van der Waals surface area contributed by atoms with Crippen LogP contribution < -0.4 is 10.2 Å². The minimum atomic E-state index is 0.459. The Morgan fingerprint density at radius 3 is 2.35 bits per heavy atom. The van der Waals surface area contributed by atoms with Gasteiger partial charge in [0.15, 0.2) is 5.82 Å². The van der Waals surface area contributed by atoms with Crippen LogP contribution in [0.25, 0.3) is 0 Å². The molecule has 20 heavy (non-hydrogen) atoms. The minimum absolute atomic E-state index is 0.459. The molecule has 114 valence electrons. The lowest BCUT2D eigenvalue weighted by Crippen LogP contribution is -2.32. The highest BCUT2D eigenvalue weighted by Gasteiger charge is 2.12. The number of nitrogens with one attached hydrogen (secondary N) is 1. The van der Waals surface area contributed by atoms with Crippen molar-refractivity contribution >= 4 is 5.82 Å². The van der Waals surface area contributed by atoms with Crippen LogP contribution in [0.3, 0.4) is 0 Å². The van der Waals surface area contributed by atoms with E-state index in [0.29, 0.717) is 12.1 Å². The first kappa shape index (κ1) is 16.9. The molecule has 1 aromatic heterocycles. The van der Waals surface area contributed by atoms with Crippen molar-refractivity contribution in [3.63, 3.8) is 0 Å². The summed E-state index contributed by atoms with van der Waals surface area (Å²) in [4.78, 5) is 2.34. The summed E-state index contributed by atoms with van der Waals surface area (Å²) in [5.41, 5.74) is 1.000. The van der Waals surface area contributed by atoms with Crippen molar-refractivity contribution < 1.29 is 0 Å². The molecule has 4 nitrogen and oxygen atoms in total. The van der Waals surface area contributed by atoms with Crippen LogP contribution >= 0.6 is 0 Å². The second-order valence-corrected chi connectivity index (χ2v) is 5.91. The second kappa shape index (κ2) is 8.90. The van der Waals surface area contributed by atoms with E-state index in [9.17, 15) is 0 Å². The molecule has 0 amide bonds. The number of rotatable bonds is 9. The average Bonchev–Trinajstić information content (AvgIpc) is 2.42. The third kappa shape index (κ3) is 5.87. The minimum Gasteiger partial charge on any atom is -0.353 e. The van der Waals surface area contributed by atoms with Crippen LogP contribution in [0, 0.1) is 0 Å². The van der Waals surface area contributed by atoms with Crippen LogP contribution in [-0.2, 0) is 6.54 Å². The topological polar surface area (TPSA) is 41.0 Å². The van der Waals surface area contributed by atoms with Gasteiger partial charge in [0.2, 0.25) is 0 Å². The molecule has 0 bridgehead atoms. The lowest BCUT2D eigenvalue weighted by Gasteiger charge is -2.27. The van der Waals surface area contributed by atoms with Crippen LogP contribution in [-0.4, -0.2) is 28.8 Å². The molecular formula is C16H30N4. The van der Waals surface area contributed by atoms with Gasteiger partial charge in [0, 0.05) is 25.2 Å². The molecule has 0 unspecified atom stereocenters. The predicted octanol–water partition coefficient (Wildman–Crippen LogP) is 3.38. The molecule has 0 spiro atoms. The Morgan fingerprint density at radius 1 is 1.10 bits per heavy atom. The van der Waals surface area contributed by atoms with Crippen molar-refractivity contribution in [2.75, 3.05) is 11.4 Å². The standard InChI is InChI=1S/C16H30N4/c1-6-7-8-11-20(14(4)5)16-10-9-15(18-19-16)12-17-13(2)3/h9-10,13-14,17H,6-8,11-12H2,1-5H3. The van der Waals surface area contributed by atoms with Crippen molar-refractivity contribution in [1.29, 1.82) is 0 Å². The van der Waals surface area contributed by atoms with E-state index in [4.69, 9.17) is 0 Å². The molecule has 1 N–H and O–H groups in total. The number of anilines is 1. The average molecular weight is 278 g/mol. The highest BCUT2D eigenvalue weighted by atomic mass is 15.3. The molecule has 1 aromatic rings. The van der Waals surface area contributed by atoms with Crippen LogP contribution in [0.15, 0.2) is 12.1 Å². The largest absolute Gasteiger partial charge is 0.353 e. The smallest absolute Gasteiger partial charge is 0.151 e. The first-order valence-electron chi connectivity index (χ1n) is 7.87. The zero-order chi connectivity index (χ0) is 15.0. The highest BCUT2D eigenvalue weighted by molar-refractivity contribution is 5.38. The highest BCUT2D eigenvalue weighted by Crippen LogP contribution is 2.14. The molecule has 0 aliphatic carbocycles. The summed E-state index contributed by atoms with van der Waals surface area (Å²) in [6.07, 6.45) is 3.73. The van der Waals surface area contributed by atoms with Crippen LogP contribution in [0.4, 0.5) is 5.82 Å². The zero-order valence-corrected chi connectivity index (χ0v) is 13.7. The fourth-order valence-electron chi connectivity index (χ4n) is 2.08. The molecule has 0 aliphatic rings. The van der Waals surface area contributed by atoms with Crippen molar-refractivity contribution in [2.45, 2.75) is 72.5 Å². The van der Waals surface area contributed by atoms with Gasteiger partial charge in [0.25, 0.3) is 0 Å². The third-order valence-corrected chi connectivity index (χ3v) is 3.32. The molecule has 0 saturated carbocycles. The molecule has 0 atom stereocenters. The maximum absolute atomic E-state index is 4.39. The van der Waals surface area contributed by atoms with Crippen molar-refractivity contribution in [1.82, 2.24) is 15.5 Å². The lowest BCUT2D eigenvalue weighted by molar-refractivity contribution is 0.574. The lowest BCUT2D eigenvalue weighted by atomic mass is 10.2. The molecule has 1 heterocycles. The van der Waals surface area contributed by atoms with Gasteiger partial charge in [-0.05, 0) is 32.4 Å². The Labute approximate surface area is 124 Å². The first-order chi connectivity index (χ1) is 9.54. The van der Waals surface area contributed by atoms with E-state index in [2.05, 4.69) is 67.2 Å². The number of aromatic nitrogens is 2. The first-order valence-corrected chi connectivity index (χ1v) is 7.87. The Morgan fingerprint density at radius 2 is 1.85 bits per heavy atom. The Balaban J connectivity index is 2.62. The van der Waals surface area contributed by atoms with Crippen LogP contribution in [0.5, 0.6) is 0 Å². The van der Waals surface area contributed by atoms with Crippen molar-refractivity contribution in [3.8, 4) is 0 Å². The zero-order valence-electron chi connectivity index (χ0n) is 13.7. The Hall–Kier alpha value is -1.16. The van der Waals surface area contributed by atoms with Gasteiger partial charge in [-0.1, -0.05) is 33.6 Å². The van der Waals surface area contributed by atoms with E-state index in [1.54, 1.807) is 0 Å². The Kier molecular flexibility index (Phi) is 7.52. The third-order valence-electron chi connectivity index (χ3n) is 3.32. The van der Waals surface area contributed by atoms with Gasteiger partial charge in [0.1, 0.15) is 0 Å². The monoisotopic (exact) mass is 278 g/mol. The van der Waals surface area contributed by atoms with E-state index >= 15 is 0 Å². The number of hydrogen-bond acceptors (Lipinski definition) is 4. The second-order valence-electron chi connectivity index (χ2n) is 5.91. The quantitative estimate of drug-likeness (QED) is 0.703. The molecule has 0 aromatic carbocycles. The molecule has 0 aliphatic heterocycles. The molecule has 4 heteroatoms. The SMILES string of the molecule is CCCCCN(c1ccc(CNC(C)C)nn1)C(C)C. The van der Waals surface area contributed by atoms with Gasteiger partial charge < -0.3 is 10.2 Å². The maximum atomic E-state index is 4.39. The van der Waals surface area contributed by atoms with E-state index < -0.39 is 0 Å². The number of hydrogen-bond donors (Lipinski definition) is 1. The summed E-state index contributed by atoms with van der Waals surface area (Å²) >= 11 is 0. The molecule has 0 radical (unpaired) electrons. The molecular weight excluding hydrogens is 248 g/mol. The molecule has 0 fully saturated rings. The number of nitrogens with zero attached hydrogens (tertiary/aromatic N) is 3. The van der Waals surface area contributed by atoms with E-state index in [1.165, 1.54) is 19.3 Å². The maximum Gasteiger partial charge on any atom is 0.151 e. The summed E-state index contributed by atoms with van der Waals surface area (Å²) < 4.78 is 0. The van der Waals surface area contributed by atoms with E-state index in [-0.39, 0.29) is 0 Å². The summed E-state index contributed by atoms with van der Waals surface area (Å²) in [5.74, 6) is 0.990. The Bertz CT molecular complexity index is 359. The summed E-state index contributed by atoms with van der Waals surface area (Å²) in [7, 11) is 0. The van der Waals surface area contributed by atoms with E-state index in [1.807, 2.05) is 0 Å². The summed E-state index contributed by atoms with van der Waals surface area (Å²) in [6, 6.07) is 5.10. The van der Waals surface area contributed by atoms with Gasteiger partial charge in [-0.25, -0.2) is 0 Å².